The van der Waals surface area contributed by atoms with E-state index in [1.165, 1.54) is 12.1 Å². The van der Waals surface area contributed by atoms with E-state index in [-0.39, 0.29) is 36.1 Å². The van der Waals surface area contributed by atoms with Gasteiger partial charge in [0.15, 0.2) is 17.3 Å². The fourth-order valence-corrected chi connectivity index (χ4v) is 2.25. The van der Waals surface area contributed by atoms with Crippen molar-refractivity contribution >= 4 is 5.78 Å². The van der Waals surface area contributed by atoms with Crippen molar-refractivity contribution in [1.82, 2.24) is 0 Å². The quantitative estimate of drug-likeness (QED) is 0.848. The van der Waals surface area contributed by atoms with Gasteiger partial charge in [-0.05, 0) is 36.8 Å². The second-order valence-corrected chi connectivity index (χ2v) is 4.89. The Balaban J connectivity index is 1.85. The summed E-state index contributed by atoms with van der Waals surface area (Å²) < 4.78 is 10.5. The van der Waals surface area contributed by atoms with Gasteiger partial charge in [-0.2, -0.15) is 0 Å². The number of fused-ring (bicyclic) bond motifs is 1. The molecule has 0 amide bonds. The van der Waals surface area contributed by atoms with Gasteiger partial charge in [0.1, 0.15) is 11.5 Å². The Morgan fingerprint density at radius 3 is 2.71 bits per heavy atom. The number of aromatic hydroxyl groups is 2. The summed E-state index contributed by atoms with van der Waals surface area (Å²) in [5, 5.41) is 19.5. The Morgan fingerprint density at radius 2 is 1.90 bits per heavy atom. The lowest BCUT2D eigenvalue weighted by atomic mass is 9.99. The molecule has 0 unspecified atom stereocenters. The molecule has 5 heteroatoms. The monoisotopic (exact) mass is 286 g/mol. The number of Topliss-reactive ketones (excluding diaryl/α,β-unsaturated/α-hetero) is 1. The van der Waals surface area contributed by atoms with Crippen LogP contribution < -0.4 is 9.47 Å². The van der Waals surface area contributed by atoms with Crippen molar-refractivity contribution in [2.75, 3.05) is 6.79 Å². The van der Waals surface area contributed by atoms with Gasteiger partial charge in [-0.15, -0.1) is 0 Å². The Hall–Kier alpha value is -2.69. The zero-order valence-corrected chi connectivity index (χ0v) is 11.4. The molecule has 0 bridgehead atoms. The fourth-order valence-electron chi connectivity index (χ4n) is 2.25. The molecule has 2 aromatic rings. The van der Waals surface area contributed by atoms with Gasteiger partial charge in [0.25, 0.3) is 0 Å². The van der Waals surface area contributed by atoms with Gasteiger partial charge in [0, 0.05) is 12.0 Å². The normalized spacial score (nSPS) is 12.4. The van der Waals surface area contributed by atoms with Crippen LogP contribution in [0.5, 0.6) is 23.0 Å². The molecule has 0 aliphatic carbocycles. The molecule has 0 fully saturated rings. The number of ketones is 1. The van der Waals surface area contributed by atoms with Crippen LogP contribution in [0.4, 0.5) is 0 Å². The van der Waals surface area contributed by atoms with Crippen molar-refractivity contribution < 1.29 is 24.5 Å². The van der Waals surface area contributed by atoms with E-state index in [9.17, 15) is 15.0 Å². The second kappa shape index (κ2) is 5.01. The lowest BCUT2D eigenvalue weighted by Gasteiger charge is -2.08. The molecular weight excluding hydrogens is 272 g/mol. The molecule has 1 aliphatic heterocycles. The third-order valence-electron chi connectivity index (χ3n) is 3.50. The highest BCUT2D eigenvalue weighted by Crippen LogP contribution is 2.34. The molecular formula is C16H14O5. The number of rotatable bonds is 3. The van der Waals surface area contributed by atoms with E-state index in [0.29, 0.717) is 17.1 Å². The Kier molecular flexibility index (Phi) is 3.17. The van der Waals surface area contributed by atoms with Crippen LogP contribution in [0.1, 0.15) is 21.5 Å². The van der Waals surface area contributed by atoms with Gasteiger partial charge in [-0.25, -0.2) is 0 Å². The largest absolute Gasteiger partial charge is 0.508 e. The van der Waals surface area contributed by atoms with E-state index >= 15 is 0 Å². The first-order valence-electron chi connectivity index (χ1n) is 6.49. The topological polar surface area (TPSA) is 76.0 Å². The van der Waals surface area contributed by atoms with Crippen molar-refractivity contribution in [2.24, 2.45) is 0 Å². The van der Waals surface area contributed by atoms with E-state index < -0.39 is 0 Å². The summed E-state index contributed by atoms with van der Waals surface area (Å²) in [5.41, 5.74) is 1.27. The minimum Gasteiger partial charge on any atom is -0.508 e. The number of carbonyl (C=O) groups is 1. The first-order chi connectivity index (χ1) is 10.1. The van der Waals surface area contributed by atoms with Crippen molar-refractivity contribution in [3.05, 3.63) is 47.0 Å². The molecule has 0 spiro atoms. The first-order valence-corrected chi connectivity index (χ1v) is 6.49. The van der Waals surface area contributed by atoms with E-state index in [0.717, 1.165) is 5.56 Å². The van der Waals surface area contributed by atoms with Crippen molar-refractivity contribution in [2.45, 2.75) is 13.3 Å². The molecule has 5 nitrogen and oxygen atoms in total. The minimum atomic E-state index is -0.227. The molecule has 21 heavy (non-hydrogen) atoms. The zero-order chi connectivity index (χ0) is 15.0. The van der Waals surface area contributed by atoms with Crippen molar-refractivity contribution in [3.63, 3.8) is 0 Å². The molecule has 2 aromatic carbocycles. The summed E-state index contributed by atoms with van der Waals surface area (Å²) >= 11 is 0. The highest BCUT2D eigenvalue weighted by Gasteiger charge is 2.18. The lowest BCUT2D eigenvalue weighted by Crippen LogP contribution is -2.04. The number of hydrogen-bond acceptors (Lipinski definition) is 5. The average Bonchev–Trinajstić information content (AvgIpc) is 2.92. The van der Waals surface area contributed by atoms with Crippen LogP contribution in [0.25, 0.3) is 0 Å². The van der Waals surface area contributed by atoms with Crippen LogP contribution in [0.15, 0.2) is 30.3 Å². The lowest BCUT2D eigenvalue weighted by molar-refractivity contribution is 0.0990. The van der Waals surface area contributed by atoms with E-state index in [1.54, 1.807) is 25.1 Å². The number of phenolic OH excluding ortho intramolecular Hbond substituents is 2. The van der Waals surface area contributed by atoms with Gasteiger partial charge in [0.05, 0.1) is 5.56 Å². The van der Waals surface area contributed by atoms with Gasteiger partial charge in [0.2, 0.25) is 6.79 Å². The summed E-state index contributed by atoms with van der Waals surface area (Å²) in [4.78, 5) is 12.3. The van der Waals surface area contributed by atoms with Crippen molar-refractivity contribution in [1.29, 1.82) is 0 Å². The maximum absolute atomic E-state index is 12.3. The highest BCUT2D eigenvalue weighted by atomic mass is 16.7. The van der Waals surface area contributed by atoms with Crippen LogP contribution in [-0.4, -0.2) is 22.8 Å². The van der Waals surface area contributed by atoms with Crippen LogP contribution >= 0.6 is 0 Å². The molecule has 0 saturated carbocycles. The summed E-state index contributed by atoms with van der Waals surface area (Å²) in [6.07, 6.45) is 0.133. The predicted molar refractivity (Wildman–Crippen MR) is 75.1 cm³/mol. The van der Waals surface area contributed by atoms with Crippen molar-refractivity contribution in [3.8, 4) is 23.0 Å². The third-order valence-corrected chi connectivity index (χ3v) is 3.50. The molecule has 2 N–H and O–H groups in total. The molecule has 1 aliphatic rings. The van der Waals surface area contributed by atoms with Gasteiger partial charge < -0.3 is 19.7 Å². The third kappa shape index (κ3) is 2.38. The smallest absolute Gasteiger partial charge is 0.231 e. The molecule has 108 valence electrons. The molecule has 3 rings (SSSR count). The number of hydrogen-bond donors (Lipinski definition) is 2. The van der Waals surface area contributed by atoms with Gasteiger partial charge in [-0.1, -0.05) is 6.07 Å². The second-order valence-electron chi connectivity index (χ2n) is 4.89. The first kappa shape index (κ1) is 13.3. The Morgan fingerprint density at radius 1 is 1.14 bits per heavy atom. The SMILES string of the molecule is Cc1c(O)ccc(C(=O)Cc2ccc3c(c2)OCO3)c1O. The van der Waals surface area contributed by atoms with Crippen LogP contribution in [-0.2, 0) is 6.42 Å². The molecule has 0 saturated heterocycles. The maximum Gasteiger partial charge on any atom is 0.231 e. The molecule has 0 aromatic heterocycles. The van der Waals surface area contributed by atoms with E-state index in [2.05, 4.69) is 0 Å². The zero-order valence-electron chi connectivity index (χ0n) is 11.4. The van der Waals surface area contributed by atoms with Gasteiger partial charge >= 0.3 is 0 Å². The summed E-state index contributed by atoms with van der Waals surface area (Å²) in [7, 11) is 0. The van der Waals surface area contributed by atoms with E-state index in [4.69, 9.17) is 9.47 Å². The van der Waals surface area contributed by atoms with Crippen LogP contribution in [0.3, 0.4) is 0 Å². The molecule has 0 radical (unpaired) electrons. The number of benzene rings is 2. The van der Waals surface area contributed by atoms with E-state index in [1.807, 2.05) is 0 Å². The maximum atomic E-state index is 12.3. The summed E-state index contributed by atoms with van der Waals surface area (Å²) in [6, 6.07) is 8.13. The average molecular weight is 286 g/mol. The Bertz CT molecular complexity index is 721. The van der Waals surface area contributed by atoms with Gasteiger partial charge in [-0.3, -0.25) is 4.79 Å². The van der Waals surface area contributed by atoms with Crippen LogP contribution in [0.2, 0.25) is 0 Å². The molecule has 1 heterocycles. The summed E-state index contributed by atoms with van der Waals surface area (Å²) in [5.74, 6) is 0.836. The highest BCUT2D eigenvalue weighted by molar-refractivity contribution is 6.00. The molecule has 0 atom stereocenters. The summed E-state index contributed by atoms with van der Waals surface area (Å²) in [6.45, 7) is 1.74. The Labute approximate surface area is 121 Å². The number of phenols is 2. The standard InChI is InChI=1S/C16H14O5/c1-9-12(17)4-3-11(16(9)19)13(18)6-10-2-5-14-15(7-10)21-8-20-14/h2-5,7,17,19H,6,8H2,1H3. The fraction of sp³-hybridized carbons (Fsp3) is 0.188. The number of carbonyl (C=O) groups excluding carboxylic acids is 1. The minimum absolute atomic E-state index is 0.0351. The predicted octanol–water partition coefficient (Wildman–Crippen LogP) is 2.56. The number of ether oxygens (including phenoxy) is 2. The van der Waals surface area contributed by atoms with Crippen LogP contribution in [0, 0.1) is 6.92 Å².